The number of hydrogen-bond acceptors (Lipinski definition) is 3. The topological polar surface area (TPSA) is 64.1 Å². The monoisotopic (exact) mass is 267 g/mol. The van der Waals surface area contributed by atoms with Crippen molar-refractivity contribution in [2.75, 3.05) is 16.8 Å². The fourth-order valence-electron chi connectivity index (χ4n) is 1.39. The predicted molar refractivity (Wildman–Crippen MR) is 75.0 cm³/mol. The number of hydrogen-bond donors (Lipinski definition) is 3. The maximum absolute atomic E-state index is 5.92. The average Bonchev–Trinajstić information content (AvgIpc) is 2.29. The molecule has 0 bridgehead atoms. The molecule has 3 nitrogen and oxygen atoms in total. The van der Waals surface area contributed by atoms with Gasteiger partial charge < -0.3 is 16.8 Å². The summed E-state index contributed by atoms with van der Waals surface area (Å²) in [4.78, 5) is 0. The molecule has 0 aliphatic heterocycles. The number of rotatable bonds is 2. The first-order chi connectivity index (χ1) is 8.06. The second kappa shape index (κ2) is 4.73. The summed E-state index contributed by atoms with van der Waals surface area (Å²) in [6.45, 7) is 0. The number of benzene rings is 2. The zero-order valence-corrected chi connectivity index (χ0v) is 10.4. The van der Waals surface area contributed by atoms with Crippen molar-refractivity contribution in [1.29, 1.82) is 0 Å². The standard InChI is InChI=1S/C12H11Cl2N3/c13-9-3-1-7(5-10(9)14)17-8-2-4-11(15)12(16)6-8/h1-6,17H,15-16H2. The Bertz CT molecular complexity index is 506. The fraction of sp³-hybridized carbons (Fsp3) is 0. The number of halogens is 2. The Labute approximate surface area is 109 Å². The van der Waals surface area contributed by atoms with Gasteiger partial charge in [-0.3, -0.25) is 0 Å². The third-order valence-corrected chi connectivity index (χ3v) is 3.03. The minimum absolute atomic E-state index is 0.500. The maximum Gasteiger partial charge on any atom is 0.0612 e. The Balaban J connectivity index is 2.25. The largest absolute Gasteiger partial charge is 0.397 e. The molecule has 0 unspecified atom stereocenters. The van der Waals surface area contributed by atoms with Gasteiger partial charge in [0.15, 0.2) is 0 Å². The molecule has 0 aromatic heterocycles. The van der Waals surface area contributed by atoms with Crippen LogP contribution in [-0.4, -0.2) is 0 Å². The molecule has 88 valence electrons. The molecule has 0 radical (unpaired) electrons. The highest BCUT2D eigenvalue weighted by atomic mass is 35.5. The summed E-state index contributed by atoms with van der Waals surface area (Å²) in [7, 11) is 0. The summed E-state index contributed by atoms with van der Waals surface area (Å²) >= 11 is 11.8. The van der Waals surface area contributed by atoms with Crippen LogP contribution in [0.3, 0.4) is 0 Å². The van der Waals surface area contributed by atoms with Crippen molar-refractivity contribution in [3.8, 4) is 0 Å². The summed E-state index contributed by atoms with van der Waals surface area (Å²) < 4.78 is 0. The lowest BCUT2D eigenvalue weighted by molar-refractivity contribution is 1.54. The van der Waals surface area contributed by atoms with Crippen molar-refractivity contribution in [3.05, 3.63) is 46.4 Å². The molecule has 0 atom stereocenters. The zero-order chi connectivity index (χ0) is 12.4. The van der Waals surface area contributed by atoms with E-state index in [0.717, 1.165) is 11.4 Å². The Morgan fingerprint density at radius 1 is 0.765 bits per heavy atom. The SMILES string of the molecule is Nc1ccc(Nc2ccc(Cl)c(Cl)c2)cc1N. The zero-order valence-electron chi connectivity index (χ0n) is 8.87. The van der Waals surface area contributed by atoms with Crippen LogP contribution in [0.2, 0.25) is 10.0 Å². The van der Waals surface area contributed by atoms with Gasteiger partial charge in [0, 0.05) is 11.4 Å². The van der Waals surface area contributed by atoms with Gasteiger partial charge in [0.1, 0.15) is 0 Å². The van der Waals surface area contributed by atoms with E-state index in [1.54, 1.807) is 24.3 Å². The first kappa shape index (κ1) is 11.9. The van der Waals surface area contributed by atoms with E-state index < -0.39 is 0 Å². The maximum atomic E-state index is 5.92. The lowest BCUT2D eigenvalue weighted by Crippen LogP contribution is -1.96. The molecule has 0 saturated heterocycles. The van der Waals surface area contributed by atoms with Gasteiger partial charge in [-0.25, -0.2) is 0 Å². The van der Waals surface area contributed by atoms with Crippen LogP contribution in [0.25, 0.3) is 0 Å². The van der Waals surface area contributed by atoms with Crippen molar-refractivity contribution >= 4 is 46.0 Å². The normalized spacial score (nSPS) is 10.2. The summed E-state index contributed by atoms with van der Waals surface area (Å²) in [5, 5.41) is 4.18. The molecule has 0 amide bonds. The Kier molecular flexibility index (Phi) is 3.31. The van der Waals surface area contributed by atoms with Crippen LogP contribution in [0, 0.1) is 0 Å². The quantitative estimate of drug-likeness (QED) is 0.724. The first-order valence-corrected chi connectivity index (χ1v) is 5.69. The Morgan fingerprint density at radius 3 is 2.06 bits per heavy atom. The van der Waals surface area contributed by atoms with Crippen molar-refractivity contribution in [2.45, 2.75) is 0 Å². The smallest absolute Gasteiger partial charge is 0.0612 e. The molecule has 0 spiro atoms. The van der Waals surface area contributed by atoms with Gasteiger partial charge in [0.2, 0.25) is 0 Å². The van der Waals surface area contributed by atoms with Crippen LogP contribution in [-0.2, 0) is 0 Å². The third kappa shape index (κ3) is 2.75. The summed E-state index contributed by atoms with van der Waals surface area (Å²) in [6, 6.07) is 10.7. The average molecular weight is 268 g/mol. The van der Waals surface area contributed by atoms with Crippen molar-refractivity contribution in [2.24, 2.45) is 0 Å². The van der Waals surface area contributed by atoms with E-state index in [2.05, 4.69) is 5.32 Å². The highest BCUT2D eigenvalue weighted by Crippen LogP contribution is 2.28. The van der Waals surface area contributed by atoms with Gasteiger partial charge >= 0.3 is 0 Å². The van der Waals surface area contributed by atoms with Crippen molar-refractivity contribution < 1.29 is 0 Å². The third-order valence-electron chi connectivity index (χ3n) is 2.30. The molecule has 0 aliphatic rings. The van der Waals surface area contributed by atoms with Gasteiger partial charge in [-0.2, -0.15) is 0 Å². The number of nitrogens with two attached hydrogens (primary N) is 2. The van der Waals surface area contributed by atoms with Gasteiger partial charge in [0.25, 0.3) is 0 Å². The minimum Gasteiger partial charge on any atom is -0.397 e. The highest BCUT2D eigenvalue weighted by molar-refractivity contribution is 6.42. The van der Waals surface area contributed by atoms with Crippen LogP contribution < -0.4 is 16.8 Å². The second-order valence-corrected chi connectivity index (χ2v) is 4.41. The van der Waals surface area contributed by atoms with Gasteiger partial charge in [-0.15, -0.1) is 0 Å². The second-order valence-electron chi connectivity index (χ2n) is 3.60. The number of nitrogen functional groups attached to an aromatic ring is 2. The molecule has 0 heterocycles. The molecule has 2 aromatic carbocycles. The Morgan fingerprint density at radius 2 is 1.41 bits per heavy atom. The van der Waals surface area contributed by atoms with E-state index in [4.69, 9.17) is 34.7 Å². The molecule has 0 fully saturated rings. The van der Waals surface area contributed by atoms with Gasteiger partial charge in [0.05, 0.1) is 21.4 Å². The molecule has 0 aliphatic carbocycles. The number of nitrogens with one attached hydrogen (secondary N) is 1. The van der Waals surface area contributed by atoms with Gasteiger partial charge in [-0.1, -0.05) is 23.2 Å². The molecule has 2 rings (SSSR count). The lowest BCUT2D eigenvalue weighted by Gasteiger charge is -2.09. The summed E-state index contributed by atoms with van der Waals surface area (Å²) in [5.41, 5.74) is 14.1. The molecule has 0 saturated carbocycles. The number of anilines is 4. The van der Waals surface area contributed by atoms with E-state index in [1.807, 2.05) is 12.1 Å². The molecule has 2 aromatic rings. The predicted octanol–water partition coefficient (Wildman–Crippen LogP) is 3.90. The van der Waals surface area contributed by atoms with E-state index in [9.17, 15) is 0 Å². The molecular formula is C12H11Cl2N3. The lowest BCUT2D eigenvalue weighted by atomic mass is 10.2. The minimum atomic E-state index is 0.500. The highest BCUT2D eigenvalue weighted by Gasteiger charge is 2.01. The molecule has 5 heteroatoms. The summed E-state index contributed by atoms with van der Waals surface area (Å²) in [6.07, 6.45) is 0. The van der Waals surface area contributed by atoms with Crippen LogP contribution in [0.4, 0.5) is 22.7 Å². The van der Waals surface area contributed by atoms with E-state index in [0.29, 0.717) is 21.4 Å². The van der Waals surface area contributed by atoms with Crippen LogP contribution in [0.5, 0.6) is 0 Å². The molecule has 17 heavy (non-hydrogen) atoms. The Hall–Kier alpha value is -1.58. The van der Waals surface area contributed by atoms with Crippen molar-refractivity contribution in [1.82, 2.24) is 0 Å². The van der Waals surface area contributed by atoms with Crippen molar-refractivity contribution in [3.63, 3.8) is 0 Å². The van der Waals surface area contributed by atoms with Crippen LogP contribution in [0.15, 0.2) is 36.4 Å². The first-order valence-electron chi connectivity index (χ1n) is 4.93. The molecular weight excluding hydrogens is 257 g/mol. The molecule has 5 N–H and O–H groups in total. The van der Waals surface area contributed by atoms with Crippen LogP contribution in [0.1, 0.15) is 0 Å². The summed E-state index contributed by atoms with van der Waals surface area (Å²) in [5.74, 6) is 0. The van der Waals surface area contributed by atoms with E-state index in [1.165, 1.54) is 0 Å². The van der Waals surface area contributed by atoms with E-state index >= 15 is 0 Å². The van der Waals surface area contributed by atoms with E-state index in [-0.39, 0.29) is 0 Å². The van der Waals surface area contributed by atoms with Gasteiger partial charge in [-0.05, 0) is 36.4 Å². The van der Waals surface area contributed by atoms with Crippen LogP contribution >= 0.6 is 23.2 Å². The fourth-order valence-corrected chi connectivity index (χ4v) is 1.69.